The van der Waals surface area contributed by atoms with Crippen molar-refractivity contribution in [3.8, 4) is 0 Å². The highest BCUT2D eigenvalue weighted by molar-refractivity contribution is 14.0. The smallest absolute Gasteiger partial charge is 0.238 e. The van der Waals surface area contributed by atoms with E-state index in [1.165, 1.54) is 12.1 Å². The summed E-state index contributed by atoms with van der Waals surface area (Å²) in [4.78, 5) is 4.20. The third-order valence-corrected chi connectivity index (χ3v) is 3.18. The lowest BCUT2D eigenvalue weighted by Gasteiger charge is -2.05. The van der Waals surface area contributed by atoms with E-state index in [2.05, 4.69) is 16.9 Å². The van der Waals surface area contributed by atoms with Gasteiger partial charge in [0.25, 0.3) is 0 Å². The largest absolute Gasteiger partial charge is 0.370 e. The third kappa shape index (κ3) is 6.87. The minimum atomic E-state index is -3.65. The summed E-state index contributed by atoms with van der Waals surface area (Å²) in [5, 5.41) is 7.90. The van der Waals surface area contributed by atoms with Crippen molar-refractivity contribution in [2.45, 2.75) is 18.4 Å². The molecule has 112 valence electrons. The molecule has 0 aliphatic heterocycles. The number of sulfonamides is 1. The van der Waals surface area contributed by atoms with Crippen molar-refractivity contribution in [1.82, 2.24) is 5.32 Å². The average Bonchev–Trinajstić information content (AvgIpc) is 2.33. The Hall–Kier alpha value is -1.13. The molecule has 0 aromatic heterocycles. The van der Waals surface area contributed by atoms with Gasteiger partial charge in [-0.1, -0.05) is 24.3 Å². The Kier molecular flexibility index (Phi) is 7.76. The summed E-state index contributed by atoms with van der Waals surface area (Å²) in [5.41, 5.74) is 7.45. The number of nitrogens with two attached hydrogens (primary N) is 2. The lowest BCUT2D eigenvalue weighted by atomic mass is 10.2. The summed E-state index contributed by atoms with van der Waals surface area (Å²) in [6.45, 7) is 6.55. The fourth-order valence-corrected chi connectivity index (χ4v) is 1.77. The van der Waals surface area contributed by atoms with E-state index in [0.717, 1.165) is 11.1 Å². The molecule has 0 aliphatic rings. The first-order valence-electron chi connectivity index (χ1n) is 5.59. The monoisotopic (exact) mass is 410 g/mol. The van der Waals surface area contributed by atoms with Crippen LogP contribution in [0.1, 0.15) is 12.5 Å². The van der Waals surface area contributed by atoms with Gasteiger partial charge in [0.05, 0.1) is 11.4 Å². The number of primary sulfonamides is 1. The second-order valence-electron chi connectivity index (χ2n) is 4.20. The summed E-state index contributed by atoms with van der Waals surface area (Å²) in [7, 11) is -3.65. The molecule has 1 rings (SSSR count). The quantitative estimate of drug-likeness (QED) is 0.290. The number of guanidine groups is 1. The highest BCUT2D eigenvalue weighted by Gasteiger charge is 2.06. The summed E-state index contributed by atoms with van der Waals surface area (Å²) < 4.78 is 22.1. The number of hydrogen-bond acceptors (Lipinski definition) is 3. The zero-order valence-electron chi connectivity index (χ0n) is 11.2. The maximum atomic E-state index is 11.1. The van der Waals surface area contributed by atoms with Gasteiger partial charge in [-0.3, -0.25) is 0 Å². The molecule has 20 heavy (non-hydrogen) atoms. The van der Waals surface area contributed by atoms with Gasteiger partial charge in [0.2, 0.25) is 10.0 Å². The highest BCUT2D eigenvalue weighted by Crippen LogP contribution is 2.09. The van der Waals surface area contributed by atoms with Crippen LogP contribution < -0.4 is 16.2 Å². The van der Waals surface area contributed by atoms with Crippen LogP contribution in [-0.2, 0) is 16.6 Å². The van der Waals surface area contributed by atoms with Crippen LogP contribution in [0.2, 0.25) is 0 Å². The Bertz CT molecular complexity index is 582. The van der Waals surface area contributed by atoms with E-state index in [1.807, 2.05) is 6.92 Å². The Balaban J connectivity index is 0.00000361. The molecule has 0 aliphatic carbocycles. The minimum absolute atomic E-state index is 0. The number of hydrogen-bond donors (Lipinski definition) is 3. The summed E-state index contributed by atoms with van der Waals surface area (Å²) in [6, 6.07) is 6.18. The molecular weight excluding hydrogens is 391 g/mol. The molecule has 0 saturated heterocycles. The Morgan fingerprint density at radius 2 is 1.90 bits per heavy atom. The van der Waals surface area contributed by atoms with Crippen LogP contribution in [-0.4, -0.2) is 20.9 Å². The molecule has 0 fully saturated rings. The predicted molar refractivity (Wildman–Crippen MR) is 91.4 cm³/mol. The first-order valence-corrected chi connectivity index (χ1v) is 7.13. The number of benzene rings is 1. The standard InChI is InChI=1S/C12H18N4O2S.HI/c1-9(2)7-15-12(13)16-8-10-3-5-11(6-4-10)19(14,17)18;/h3-6H,1,7-8H2,2H3,(H3,13,15,16)(H2,14,17,18);1H. The van der Waals surface area contributed by atoms with E-state index < -0.39 is 10.0 Å². The Labute approximate surface area is 136 Å². The van der Waals surface area contributed by atoms with Crippen molar-refractivity contribution in [1.29, 1.82) is 0 Å². The summed E-state index contributed by atoms with van der Waals surface area (Å²) in [5.74, 6) is 0.318. The lowest BCUT2D eigenvalue weighted by molar-refractivity contribution is 0.598. The predicted octanol–water partition coefficient (Wildman–Crippen LogP) is 0.932. The van der Waals surface area contributed by atoms with E-state index in [1.54, 1.807) is 12.1 Å². The van der Waals surface area contributed by atoms with Crippen molar-refractivity contribution in [3.05, 3.63) is 42.0 Å². The highest BCUT2D eigenvalue weighted by atomic mass is 127. The number of rotatable bonds is 5. The van der Waals surface area contributed by atoms with Gasteiger partial charge >= 0.3 is 0 Å². The van der Waals surface area contributed by atoms with E-state index in [0.29, 0.717) is 19.0 Å². The number of nitrogens with one attached hydrogen (secondary N) is 1. The molecule has 0 radical (unpaired) electrons. The molecule has 0 amide bonds. The van der Waals surface area contributed by atoms with Gasteiger partial charge in [-0.05, 0) is 24.6 Å². The molecule has 0 unspecified atom stereocenters. The molecular formula is C12H19IN4O2S. The molecule has 0 heterocycles. The van der Waals surface area contributed by atoms with Crippen molar-refractivity contribution in [3.63, 3.8) is 0 Å². The molecule has 8 heteroatoms. The van der Waals surface area contributed by atoms with E-state index in [9.17, 15) is 8.42 Å². The first-order chi connectivity index (χ1) is 8.79. The van der Waals surface area contributed by atoms with Crippen LogP contribution in [0.4, 0.5) is 0 Å². The molecule has 1 aromatic carbocycles. The maximum absolute atomic E-state index is 11.1. The van der Waals surface area contributed by atoms with Crippen LogP contribution in [0.15, 0.2) is 46.3 Å². The van der Waals surface area contributed by atoms with Crippen LogP contribution in [0.3, 0.4) is 0 Å². The topological polar surface area (TPSA) is 111 Å². The third-order valence-electron chi connectivity index (χ3n) is 2.26. The zero-order chi connectivity index (χ0) is 14.5. The molecule has 6 nitrogen and oxygen atoms in total. The number of halogens is 1. The van der Waals surface area contributed by atoms with Crippen molar-refractivity contribution in [2.75, 3.05) is 6.54 Å². The molecule has 0 spiro atoms. The second kappa shape index (κ2) is 8.22. The van der Waals surface area contributed by atoms with E-state index in [4.69, 9.17) is 10.9 Å². The molecule has 1 aromatic rings. The lowest BCUT2D eigenvalue weighted by Crippen LogP contribution is -2.32. The fourth-order valence-electron chi connectivity index (χ4n) is 1.26. The van der Waals surface area contributed by atoms with Crippen LogP contribution in [0.25, 0.3) is 0 Å². The van der Waals surface area contributed by atoms with Crippen LogP contribution in [0.5, 0.6) is 0 Å². The summed E-state index contributed by atoms with van der Waals surface area (Å²) in [6.07, 6.45) is 0. The van der Waals surface area contributed by atoms with Gasteiger partial charge in [-0.25, -0.2) is 18.5 Å². The SMILES string of the molecule is C=C(C)CNC(N)=NCc1ccc(S(N)(=O)=O)cc1.I. The average molecular weight is 410 g/mol. The minimum Gasteiger partial charge on any atom is -0.370 e. The molecule has 5 N–H and O–H groups in total. The maximum Gasteiger partial charge on any atom is 0.238 e. The van der Waals surface area contributed by atoms with Gasteiger partial charge in [0.15, 0.2) is 5.96 Å². The fraction of sp³-hybridized carbons (Fsp3) is 0.250. The number of aliphatic imine (C=N–C) groups is 1. The molecule has 0 atom stereocenters. The van der Waals surface area contributed by atoms with Gasteiger partial charge < -0.3 is 11.1 Å². The van der Waals surface area contributed by atoms with Gasteiger partial charge in [-0.15, -0.1) is 24.0 Å². The first kappa shape index (κ1) is 18.9. The second-order valence-corrected chi connectivity index (χ2v) is 5.76. The molecule has 0 saturated carbocycles. The normalized spacial score (nSPS) is 11.6. The van der Waals surface area contributed by atoms with Gasteiger partial charge in [-0.2, -0.15) is 0 Å². The van der Waals surface area contributed by atoms with Crippen molar-refractivity contribution in [2.24, 2.45) is 15.9 Å². The number of nitrogens with zero attached hydrogens (tertiary/aromatic N) is 1. The molecule has 0 bridgehead atoms. The van der Waals surface area contributed by atoms with Gasteiger partial charge in [0, 0.05) is 6.54 Å². The zero-order valence-corrected chi connectivity index (χ0v) is 14.3. The van der Waals surface area contributed by atoms with E-state index in [-0.39, 0.29) is 28.9 Å². The van der Waals surface area contributed by atoms with E-state index >= 15 is 0 Å². The summed E-state index contributed by atoms with van der Waals surface area (Å²) >= 11 is 0. The Morgan fingerprint density at radius 3 is 2.35 bits per heavy atom. The Morgan fingerprint density at radius 1 is 1.35 bits per heavy atom. The van der Waals surface area contributed by atoms with Crippen LogP contribution >= 0.6 is 24.0 Å². The van der Waals surface area contributed by atoms with Crippen molar-refractivity contribution >= 4 is 40.0 Å². The van der Waals surface area contributed by atoms with Gasteiger partial charge in [0.1, 0.15) is 0 Å². The van der Waals surface area contributed by atoms with Crippen LogP contribution in [0, 0.1) is 0 Å². The van der Waals surface area contributed by atoms with Crippen molar-refractivity contribution < 1.29 is 8.42 Å².